The monoisotopic (exact) mass is 549 g/mol. The first-order valence-electron chi connectivity index (χ1n) is 10.9. The first-order valence-corrected chi connectivity index (χ1v) is 12.1. The molecule has 3 aromatic carbocycles. The summed E-state index contributed by atoms with van der Waals surface area (Å²) < 4.78 is 18.0. The minimum absolute atomic E-state index is 0.290. The topological polar surface area (TPSA) is 72.9 Å². The minimum atomic E-state index is -0.558. The zero-order valence-electron chi connectivity index (χ0n) is 18.2. The van der Waals surface area contributed by atoms with Gasteiger partial charge in [-0.05, 0) is 48.0 Å². The van der Waals surface area contributed by atoms with E-state index in [-0.39, 0.29) is 5.56 Å². The molecule has 0 spiro atoms. The highest BCUT2D eigenvalue weighted by molar-refractivity contribution is 9.10. The second-order valence-electron chi connectivity index (χ2n) is 8.38. The fourth-order valence-corrected chi connectivity index (χ4v) is 5.03. The van der Waals surface area contributed by atoms with Gasteiger partial charge in [-0.3, -0.25) is 4.90 Å². The van der Waals surface area contributed by atoms with E-state index in [1.54, 1.807) is 24.3 Å². The lowest BCUT2D eigenvalue weighted by atomic mass is 9.99. The van der Waals surface area contributed by atoms with Crippen LogP contribution in [0, 0.1) is 0 Å². The number of benzene rings is 3. The molecule has 0 unspecified atom stereocenters. The maximum atomic E-state index is 12.9. The van der Waals surface area contributed by atoms with Crippen molar-refractivity contribution < 1.29 is 13.6 Å². The van der Waals surface area contributed by atoms with Crippen molar-refractivity contribution in [1.29, 1.82) is 0 Å². The van der Waals surface area contributed by atoms with Gasteiger partial charge in [-0.1, -0.05) is 45.7 Å². The minimum Gasteiger partial charge on any atom is -0.478 e. The van der Waals surface area contributed by atoms with Gasteiger partial charge in [0.15, 0.2) is 0 Å². The molecule has 3 heterocycles. The van der Waals surface area contributed by atoms with Gasteiger partial charge in [-0.15, -0.1) is 0 Å². The number of halogens is 2. The molecule has 0 radical (unpaired) electrons. The molecule has 6 rings (SSSR count). The van der Waals surface area contributed by atoms with Crippen molar-refractivity contribution in [2.24, 2.45) is 0 Å². The Bertz CT molecular complexity index is 1740. The summed E-state index contributed by atoms with van der Waals surface area (Å²) in [6.07, 6.45) is 0. The van der Waals surface area contributed by atoms with E-state index in [9.17, 15) is 9.59 Å². The molecule has 35 heavy (non-hydrogen) atoms. The van der Waals surface area contributed by atoms with Crippen molar-refractivity contribution in [2.75, 3.05) is 6.73 Å². The molecule has 0 bridgehead atoms. The van der Waals surface area contributed by atoms with Gasteiger partial charge in [0.1, 0.15) is 23.6 Å². The quantitative estimate of drug-likeness (QED) is 0.244. The van der Waals surface area contributed by atoms with Crippen LogP contribution in [0.2, 0.25) is 5.02 Å². The molecule has 8 heteroatoms. The summed E-state index contributed by atoms with van der Waals surface area (Å²) in [4.78, 5) is 27.6. The van der Waals surface area contributed by atoms with Crippen molar-refractivity contribution in [2.45, 2.75) is 13.1 Å². The molecule has 0 aliphatic carbocycles. The maximum absolute atomic E-state index is 12.9. The van der Waals surface area contributed by atoms with Gasteiger partial charge in [0.05, 0.1) is 11.1 Å². The van der Waals surface area contributed by atoms with E-state index in [0.29, 0.717) is 52.7 Å². The van der Waals surface area contributed by atoms with Crippen molar-refractivity contribution in [3.05, 3.63) is 108 Å². The number of hydrogen-bond donors (Lipinski definition) is 0. The van der Waals surface area contributed by atoms with Crippen molar-refractivity contribution in [3.63, 3.8) is 0 Å². The van der Waals surface area contributed by atoms with Gasteiger partial charge >= 0.3 is 11.3 Å². The summed E-state index contributed by atoms with van der Waals surface area (Å²) >= 11 is 9.79. The molecule has 0 saturated carbocycles. The van der Waals surface area contributed by atoms with Crippen molar-refractivity contribution in [3.8, 4) is 16.9 Å². The Kier molecular flexibility index (Phi) is 5.48. The van der Waals surface area contributed by atoms with Crippen LogP contribution in [0.5, 0.6) is 5.75 Å². The summed E-state index contributed by atoms with van der Waals surface area (Å²) in [7, 11) is 0. The molecule has 0 saturated heterocycles. The van der Waals surface area contributed by atoms with Crippen LogP contribution in [0.15, 0.2) is 89.6 Å². The number of nitrogens with zero attached hydrogens (tertiary/aromatic N) is 1. The Balaban J connectivity index is 1.48. The van der Waals surface area contributed by atoms with E-state index >= 15 is 0 Å². The summed E-state index contributed by atoms with van der Waals surface area (Å²) in [6.45, 7) is 1.43. The number of hydrogen-bond acceptors (Lipinski definition) is 6. The van der Waals surface area contributed by atoms with Gasteiger partial charge < -0.3 is 13.6 Å². The third-order valence-electron chi connectivity index (χ3n) is 6.09. The molecule has 5 aromatic rings. The van der Waals surface area contributed by atoms with E-state index in [0.717, 1.165) is 21.0 Å². The van der Waals surface area contributed by atoms with E-state index in [1.807, 2.05) is 36.4 Å². The fourth-order valence-electron chi connectivity index (χ4n) is 4.45. The number of fused-ring (bicyclic) bond motifs is 4. The molecular weight excluding hydrogens is 534 g/mol. The van der Waals surface area contributed by atoms with Gasteiger partial charge in [0.25, 0.3) is 0 Å². The normalized spacial score (nSPS) is 13.7. The summed E-state index contributed by atoms with van der Waals surface area (Å²) in [5, 5.41) is 2.05. The molecule has 6 nitrogen and oxygen atoms in total. The van der Waals surface area contributed by atoms with Gasteiger partial charge in [0, 0.05) is 45.0 Å². The highest BCUT2D eigenvalue weighted by Crippen LogP contribution is 2.36. The standard InChI is InChI=1S/C27H17BrClNO5/c28-17-5-7-23-16(9-17)10-20(27(32)34-23)19-11-25(31)35-26-18(19)6-8-24-21(26)13-30(14-33-24)12-15-3-1-2-4-22(15)29/h1-11H,12-14H2. The molecule has 1 aliphatic rings. The molecule has 0 N–H and O–H groups in total. The van der Waals surface area contributed by atoms with Crippen molar-refractivity contribution in [1.82, 2.24) is 4.90 Å². The van der Waals surface area contributed by atoms with E-state index in [1.165, 1.54) is 6.07 Å². The lowest BCUT2D eigenvalue weighted by Crippen LogP contribution is -2.31. The predicted molar refractivity (Wildman–Crippen MR) is 138 cm³/mol. The molecule has 0 fully saturated rings. The Morgan fingerprint density at radius 1 is 0.943 bits per heavy atom. The zero-order chi connectivity index (χ0) is 24.1. The first-order chi connectivity index (χ1) is 17.0. The number of ether oxygens (including phenoxy) is 1. The van der Waals surface area contributed by atoms with Gasteiger partial charge in [-0.25, -0.2) is 9.59 Å². The van der Waals surface area contributed by atoms with Crippen molar-refractivity contribution >= 4 is 49.5 Å². The van der Waals surface area contributed by atoms with Crippen LogP contribution in [0.25, 0.3) is 33.1 Å². The Hall–Kier alpha value is -3.39. The van der Waals surface area contributed by atoms with E-state index < -0.39 is 11.3 Å². The second-order valence-corrected chi connectivity index (χ2v) is 9.70. The average molecular weight is 551 g/mol. The average Bonchev–Trinajstić information content (AvgIpc) is 2.85. The van der Waals surface area contributed by atoms with Crippen LogP contribution in [-0.2, 0) is 13.1 Å². The zero-order valence-corrected chi connectivity index (χ0v) is 20.6. The third kappa shape index (κ3) is 4.05. The molecular formula is C27H17BrClNO5. The Labute approximate surface area is 212 Å². The second kappa shape index (κ2) is 8.68. The third-order valence-corrected chi connectivity index (χ3v) is 6.96. The van der Waals surface area contributed by atoms with Crippen LogP contribution < -0.4 is 16.0 Å². The molecule has 2 aromatic heterocycles. The maximum Gasteiger partial charge on any atom is 0.344 e. The smallest absolute Gasteiger partial charge is 0.344 e. The fraction of sp³-hybridized carbons (Fsp3) is 0.111. The van der Waals surface area contributed by atoms with Crippen LogP contribution in [0.3, 0.4) is 0 Å². The lowest BCUT2D eigenvalue weighted by molar-refractivity contribution is 0.0890. The summed E-state index contributed by atoms with van der Waals surface area (Å²) in [5.41, 5.74) is 2.24. The SMILES string of the molecule is O=c1cc(-c2cc3cc(Br)ccc3oc2=O)c2ccc3c(c2o1)CN(Cc1ccccc1Cl)CO3. The van der Waals surface area contributed by atoms with Crippen LogP contribution in [0.4, 0.5) is 0 Å². The highest BCUT2D eigenvalue weighted by atomic mass is 79.9. The molecule has 174 valence electrons. The Morgan fingerprint density at radius 2 is 1.80 bits per heavy atom. The number of rotatable bonds is 3. The largest absolute Gasteiger partial charge is 0.478 e. The molecule has 1 aliphatic heterocycles. The van der Waals surface area contributed by atoms with Gasteiger partial charge in [-0.2, -0.15) is 0 Å². The highest BCUT2D eigenvalue weighted by Gasteiger charge is 2.24. The van der Waals surface area contributed by atoms with E-state index in [2.05, 4.69) is 20.8 Å². The predicted octanol–water partition coefficient (Wildman–Crippen LogP) is 6.33. The van der Waals surface area contributed by atoms with E-state index in [4.69, 9.17) is 25.2 Å². The lowest BCUT2D eigenvalue weighted by Gasteiger charge is -2.29. The Morgan fingerprint density at radius 3 is 2.66 bits per heavy atom. The molecule has 0 amide bonds. The first kappa shape index (κ1) is 22.1. The van der Waals surface area contributed by atoms with Crippen LogP contribution in [-0.4, -0.2) is 11.6 Å². The summed E-state index contributed by atoms with van der Waals surface area (Å²) in [6, 6.07) is 19.7. The van der Waals surface area contributed by atoms with Crippen LogP contribution >= 0.6 is 27.5 Å². The van der Waals surface area contributed by atoms with Crippen LogP contribution in [0.1, 0.15) is 11.1 Å². The van der Waals surface area contributed by atoms with Gasteiger partial charge in [0.2, 0.25) is 0 Å². The summed E-state index contributed by atoms with van der Waals surface area (Å²) in [5.74, 6) is 0.641. The molecule has 0 atom stereocenters.